The van der Waals surface area contributed by atoms with Crippen LogP contribution in [0.4, 0.5) is 13.2 Å². The molecule has 21 heavy (non-hydrogen) atoms. The molecule has 1 aliphatic carbocycles. The third kappa shape index (κ3) is 3.58. The molecule has 0 heterocycles. The maximum atomic E-state index is 12.8. The van der Waals surface area contributed by atoms with Crippen molar-refractivity contribution in [1.29, 1.82) is 0 Å². The van der Waals surface area contributed by atoms with E-state index in [-0.39, 0.29) is 5.54 Å². The maximum Gasteiger partial charge on any atom is 0.416 e. The number of nitrogens with zero attached hydrogens (tertiary/aromatic N) is 1. The fourth-order valence-corrected chi connectivity index (χ4v) is 3.36. The first kappa shape index (κ1) is 16.3. The molecule has 118 valence electrons. The molecule has 0 amide bonds. The zero-order valence-electron chi connectivity index (χ0n) is 12.4. The van der Waals surface area contributed by atoms with Gasteiger partial charge >= 0.3 is 6.18 Å². The monoisotopic (exact) mass is 300 g/mol. The predicted octanol–water partition coefficient (Wildman–Crippen LogP) is 3.80. The molecule has 0 atom stereocenters. The topological polar surface area (TPSA) is 29.3 Å². The summed E-state index contributed by atoms with van der Waals surface area (Å²) in [5.74, 6) is 0. The van der Waals surface area contributed by atoms with Gasteiger partial charge in [-0.05, 0) is 31.0 Å². The average Bonchev–Trinajstić information content (AvgIpc) is 2.94. The second-order valence-electron chi connectivity index (χ2n) is 5.85. The van der Waals surface area contributed by atoms with E-state index in [0.717, 1.165) is 38.3 Å². The van der Waals surface area contributed by atoms with E-state index in [9.17, 15) is 13.2 Å². The molecule has 0 saturated heterocycles. The number of benzene rings is 1. The van der Waals surface area contributed by atoms with E-state index < -0.39 is 11.7 Å². The van der Waals surface area contributed by atoms with E-state index in [1.165, 1.54) is 12.1 Å². The van der Waals surface area contributed by atoms with Gasteiger partial charge in [0.25, 0.3) is 0 Å². The minimum absolute atomic E-state index is 0.0387. The van der Waals surface area contributed by atoms with Crippen molar-refractivity contribution in [2.45, 2.75) is 50.9 Å². The molecular weight excluding hydrogens is 277 g/mol. The van der Waals surface area contributed by atoms with Crippen LogP contribution >= 0.6 is 0 Å². The van der Waals surface area contributed by atoms with Gasteiger partial charge < -0.3 is 5.73 Å². The Labute approximate surface area is 124 Å². The second-order valence-corrected chi connectivity index (χ2v) is 5.85. The van der Waals surface area contributed by atoms with Crippen molar-refractivity contribution in [2.24, 2.45) is 5.73 Å². The molecule has 2 nitrogen and oxygen atoms in total. The SMILES string of the molecule is CCN(Cc1cccc(C(F)(F)F)c1)C1(CN)CCCC1. The molecule has 1 saturated carbocycles. The minimum Gasteiger partial charge on any atom is -0.329 e. The molecule has 0 bridgehead atoms. The molecule has 2 N–H and O–H groups in total. The second kappa shape index (κ2) is 6.36. The quantitative estimate of drug-likeness (QED) is 0.896. The first-order chi connectivity index (χ1) is 9.91. The van der Waals surface area contributed by atoms with Crippen molar-refractivity contribution < 1.29 is 13.2 Å². The van der Waals surface area contributed by atoms with Crippen molar-refractivity contribution in [3.8, 4) is 0 Å². The summed E-state index contributed by atoms with van der Waals surface area (Å²) in [7, 11) is 0. The standard InChI is InChI=1S/C16H23F3N2/c1-2-21(15(12-20)8-3-4-9-15)11-13-6-5-7-14(10-13)16(17,18)19/h5-7,10H,2-4,8-9,11-12,20H2,1H3. The van der Waals surface area contributed by atoms with E-state index >= 15 is 0 Å². The number of likely N-dealkylation sites (N-methyl/N-ethyl adjacent to an activating group) is 1. The van der Waals surface area contributed by atoms with Crippen LogP contribution < -0.4 is 5.73 Å². The van der Waals surface area contributed by atoms with Crippen LogP contribution in [-0.2, 0) is 12.7 Å². The van der Waals surface area contributed by atoms with Crippen LogP contribution in [0.3, 0.4) is 0 Å². The lowest BCUT2D eigenvalue weighted by molar-refractivity contribution is -0.137. The van der Waals surface area contributed by atoms with Crippen LogP contribution in [0, 0.1) is 0 Å². The predicted molar refractivity (Wildman–Crippen MR) is 77.8 cm³/mol. The third-order valence-electron chi connectivity index (χ3n) is 4.59. The number of hydrogen-bond acceptors (Lipinski definition) is 2. The number of halogens is 3. The summed E-state index contributed by atoms with van der Waals surface area (Å²) in [5, 5.41) is 0. The van der Waals surface area contributed by atoms with Crippen LogP contribution in [0.1, 0.15) is 43.7 Å². The fourth-order valence-electron chi connectivity index (χ4n) is 3.36. The van der Waals surface area contributed by atoms with Crippen LogP contribution in [0.25, 0.3) is 0 Å². The highest BCUT2D eigenvalue weighted by molar-refractivity contribution is 5.26. The Balaban J connectivity index is 2.19. The molecule has 0 aromatic heterocycles. The van der Waals surface area contributed by atoms with Gasteiger partial charge in [-0.1, -0.05) is 38.0 Å². The molecule has 5 heteroatoms. The van der Waals surface area contributed by atoms with Gasteiger partial charge in [-0.2, -0.15) is 13.2 Å². The molecular formula is C16H23F3N2. The summed E-state index contributed by atoms with van der Waals surface area (Å²) in [6.07, 6.45) is 0.0884. The normalized spacial score (nSPS) is 18.4. The number of hydrogen-bond donors (Lipinski definition) is 1. The van der Waals surface area contributed by atoms with Gasteiger partial charge in [0, 0.05) is 18.6 Å². The van der Waals surface area contributed by atoms with Crippen LogP contribution in [0.2, 0.25) is 0 Å². The van der Waals surface area contributed by atoms with Gasteiger partial charge in [-0.15, -0.1) is 0 Å². The summed E-state index contributed by atoms with van der Waals surface area (Å²) in [4.78, 5) is 2.25. The molecule has 1 aromatic rings. The first-order valence-electron chi connectivity index (χ1n) is 7.52. The zero-order valence-corrected chi connectivity index (χ0v) is 12.4. The number of alkyl halides is 3. The fraction of sp³-hybridized carbons (Fsp3) is 0.625. The van der Waals surface area contributed by atoms with Gasteiger partial charge in [0.2, 0.25) is 0 Å². The molecule has 0 aliphatic heterocycles. The summed E-state index contributed by atoms with van der Waals surface area (Å²) < 4.78 is 38.4. The highest BCUT2D eigenvalue weighted by Gasteiger charge is 2.37. The Bertz CT molecular complexity index is 465. The van der Waals surface area contributed by atoms with E-state index in [2.05, 4.69) is 4.90 Å². The van der Waals surface area contributed by atoms with Crippen LogP contribution in [0.15, 0.2) is 24.3 Å². The number of nitrogens with two attached hydrogens (primary N) is 1. The Hall–Kier alpha value is -1.07. The summed E-state index contributed by atoms with van der Waals surface area (Å²) in [6.45, 7) is 3.94. The smallest absolute Gasteiger partial charge is 0.329 e. The highest BCUT2D eigenvalue weighted by atomic mass is 19.4. The summed E-state index contributed by atoms with van der Waals surface area (Å²) in [6, 6.07) is 5.61. The van der Waals surface area contributed by atoms with Gasteiger partial charge in [0.15, 0.2) is 0 Å². The lowest BCUT2D eigenvalue weighted by atomic mass is 9.94. The minimum atomic E-state index is -4.29. The molecule has 0 spiro atoms. The Morgan fingerprint density at radius 2 is 1.90 bits per heavy atom. The van der Waals surface area contributed by atoms with Crippen LogP contribution in [0.5, 0.6) is 0 Å². The third-order valence-corrected chi connectivity index (χ3v) is 4.59. The highest BCUT2D eigenvalue weighted by Crippen LogP contribution is 2.36. The van der Waals surface area contributed by atoms with E-state index in [0.29, 0.717) is 18.7 Å². The zero-order chi connectivity index (χ0) is 15.5. The van der Waals surface area contributed by atoms with Gasteiger partial charge in [0.1, 0.15) is 0 Å². The van der Waals surface area contributed by atoms with Crippen molar-refractivity contribution in [2.75, 3.05) is 13.1 Å². The average molecular weight is 300 g/mol. The van der Waals surface area contributed by atoms with Crippen molar-refractivity contribution in [3.05, 3.63) is 35.4 Å². The van der Waals surface area contributed by atoms with E-state index in [1.54, 1.807) is 6.07 Å². The van der Waals surface area contributed by atoms with Crippen molar-refractivity contribution in [1.82, 2.24) is 4.90 Å². The Kier molecular flexibility index (Phi) is 4.94. The molecule has 0 unspecified atom stereocenters. The Morgan fingerprint density at radius 3 is 2.43 bits per heavy atom. The lowest BCUT2D eigenvalue weighted by Crippen LogP contribution is -2.51. The molecule has 1 aliphatic rings. The van der Waals surface area contributed by atoms with Crippen LogP contribution in [-0.4, -0.2) is 23.5 Å². The van der Waals surface area contributed by atoms with E-state index in [4.69, 9.17) is 5.73 Å². The molecule has 0 radical (unpaired) electrons. The van der Waals surface area contributed by atoms with E-state index in [1.807, 2.05) is 6.92 Å². The largest absolute Gasteiger partial charge is 0.416 e. The summed E-state index contributed by atoms with van der Waals surface area (Å²) in [5.41, 5.74) is 6.06. The molecule has 1 aromatic carbocycles. The lowest BCUT2D eigenvalue weighted by Gasteiger charge is -2.40. The van der Waals surface area contributed by atoms with Gasteiger partial charge in [-0.25, -0.2) is 0 Å². The van der Waals surface area contributed by atoms with Crippen molar-refractivity contribution >= 4 is 0 Å². The number of rotatable bonds is 5. The van der Waals surface area contributed by atoms with Gasteiger partial charge in [0.05, 0.1) is 5.56 Å². The molecule has 2 rings (SSSR count). The maximum absolute atomic E-state index is 12.8. The van der Waals surface area contributed by atoms with Crippen molar-refractivity contribution in [3.63, 3.8) is 0 Å². The van der Waals surface area contributed by atoms with Gasteiger partial charge in [-0.3, -0.25) is 4.90 Å². The summed E-state index contributed by atoms with van der Waals surface area (Å²) >= 11 is 0. The Morgan fingerprint density at radius 1 is 1.24 bits per heavy atom. The molecule has 1 fully saturated rings. The first-order valence-corrected chi connectivity index (χ1v) is 7.52.